The first-order valence-corrected chi connectivity index (χ1v) is 5.05. The third-order valence-corrected chi connectivity index (χ3v) is 3.33. The van der Waals surface area contributed by atoms with Gasteiger partial charge in [-0.15, -0.1) is 0 Å². The van der Waals surface area contributed by atoms with Crippen LogP contribution in [0.5, 0.6) is 11.5 Å². The minimum atomic E-state index is 0.160. The van der Waals surface area contributed by atoms with Crippen molar-refractivity contribution in [2.45, 2.75) is 18.3 Å². The normalized spacial score (nSPS) is 19.2. The lowest BCUT2D eigenvalue weighted by Crippen LogP contribution is -2.09. The maximum absolute atomic E-state index is 9.00. The van der Waals surface area contributed by atoms with Crippen molar-refractivity contribution in [3.63, 3.8) is 0 Å². The van der Waals surface area contributed by atoms with Crippen LogP contribution in [0.25, 0.3) is 0 Å². The van der Waals surface area contributed by atoms with Gasteiger partial charge in [-0.2, -0.15) is 5.26 Å². The zero-order chi connectivity index (χ0) is 10.5. The number of nitrogens with zero attached hydrogens (tertiary/aromatic N) is 1. The first-order chi connectivity index (χ1) is 7.30. The topological polar surface area (TPSA) is 42.2 Å². The lowest BCUT2D eigenvalue weighted by atomic mass is 9.95. The van der Waals surface area contributed by atoms with Crippen molar-refractivity contribution in [2.24, 2.45) is 0 Å². The van der Waals surface area contributed by atoms with Crippen molar-refractivity contribution in [2.75, 3.05) is 13.7 Å². The highest BCUT2D eigenvalue weighted by molar-refractivity contribution is 5.61. The van der Waals surface area contributed by atoms with Crippen molar-refractivity contribution in [1.82, 2.24) is 0 Å². The number of methoxy groups -OCH3 is 1. The zero-order valence-electron chi connectivity index (χ0n) is 8.54. The summed E-state index contributed by atoms with van der Waals surface area (Å²) in [5.74, 6) is 1.60. The van der Waals surface area contributed by atoms with E-state index < -0.39 is 0 Å². The molecule has 0 N–H and O–H groups in total. The van der Waals surface area contributed by atoms with E-state index in [1.807, 2.05) is 6.07 Å². The molecular formula is C12H11NO2. The summed E-state index contributed by atoms with van der Waals surface area (Å²) in [7, 11) is 1.62. The molecule has 0 unspecified atom stereocenters. The molecule has 1 aromatic rings. The third kappa shape index (κ3) is 0.992. The van der Waals surface area contributed by atoms with E-state index >= 15 is 0 Å². The zero-order valence-corrected chi connectivity index (χ0v) is 8.54. The summed E-state index contributed by atoms with van der Waals surface area (Å²) < 4.78 is 11.0. The molecule has 1 aromatic carbocycles. The molecule has 1 aliphatic heterocycles. The highest BCUT2D eigenvalue weighted by Crippen LogP contribution is 2.58. The predicted octanol–water partition coefficient (Wildman–Crippen LogP) is 1.99. The van der Waals surface area contributed by atoms with Crippen LogP contribution in [0.1, 0.15) is 24.0 Å². The Kier molecular flexibility index (Phi) is 1.53. The van der Waals surface area contributed by atoms with Crippen LogP contribution in [0.3, 0.4) is 0 Å². The van der Waals surface area contributed by atoms with E-state index in [0.717, 1.165) is 30.8 Å². The maximum Gasteiger partial charge on any atom is 0.144 e. The fourth-order valence-electron chi connectivity index (χ4n) is 2.32. The number of ether oxygens (including phenoxy) is 2. The fourth-order valence-corrected chi connectivity index (χ4v) is 2.32. The molecule has 3 rings (SSSR count). The van der Waals surface area contributed by atoms with Crippen molar-refractivity contribution in [1.29, 1.82) is 5.26 Å². The molecule has 1 heterocycles. The molecule has 15 heavy (non-hydrogen) atoms. The van der Waals surface area contributed by atoms with Gasteiger partial charge in [0.05, 0.1) is 19.3 Å². The molecule has 3 heteroatoms. The lowest BCUT2D eigenvalue weighted by molar-refractivity contribution is 0.323. The summed E-state index contributed by atoms with van der Waals surface area (Å²) in [6.07, 6.45) is 2.29. The number of hydrogen-bond acceptors (Lipinski definition) is 3. The standard InChI is InChI=1S/C12H11NO2/c1-14-11-8(6-13)2-3-9-10(11)12(4-5-12)7-15-9/h2-3H,4-5,7H2,1H3. The third-order valence-electron chi connectivity index (χ3n) is 3.33. The first-order valence-electron chi connectivity index (χ1n) is 5.05. The van der Waals surface area contributed by atoms with Crippen LogP contribution in [0.4, 0.5) is 0 Å². The van der Waals surface area contributed by atoms with Gasteiger partial charge >= 0.3 is 0 Å². The van der Waals surface area contributed by atoms with E-state index in [9.17, 15) is 0 Å². The van der Waals surface area contributed by atoms with E-state index in [0.29, 0.717) is 11.3 Å². The average Bonchev–Trinajstić information content (AvgIpc) is 2.95. The molecule has 1 saturated carbocycles. The van der Waals surface area contributed by atoms with Crippen LogP contribution >= 0.6 is 0 Å². The van der Waals surface area contributed by atoms with Crippen LogP contribution < -0.4 is 9.47 Å². The quantitative estimate of drug-likeness (QED) is 0.697. The maximum atomic E-state index is 9.00. The molecule has 1 spiro atoms. The number of nitriles is 1. The average molecular weight is 201 g/mol. The summed E-state index contributed by atoms with van der Waals surface area (Å²) in [4.78, 5) is 0. The molecule has 0 amide bonds. The SMILES string of the molecule is COc1c(C#N)ccc2c1C1(CC1)CO2. The Labute approximate surface area is 88.2 Å². The molecule has 76 valence electrons. The van der Waals surface area contributed by atoms with Gasteiger partial charge in [-0.05, 0) is 25.0 Å². The van der Waals surface area contributed by atoms with E-state index in [4.69, 9.17) is 14.7 Å². The Morgan fingerprint density at radius 3 is 2.87 bits per heavy atom. The van der Waals surface area contributed by atoms with Crippen molar-refractivity contribution in [3.8, 4) is 17.6 Å². The van der Waals surface area contributed by atoms with Gasteiger partial charge in [0.1, 0.15) is 17.6 Å². The molecule has 0 radical (unpaired) electrons. The Hall–Kier alpha value is -1.69. The highest BCUT2D eigenvalue weighted by Gasteiger charge is 2.53. The van der Waals surface area contributed by atoms with E-state index in [2.05, 4.69) is 6.07 Å². The second-order valence-corrected chi connectivity index (χ2v) is 4.20. The minimum absolute atomic E-state index is 0.160. The van der Waals surface area contributed by atoms with Crippen LogP contribution in [0, 0.1) is 11.3 Å². The molecule has 1 aliphatic carbocycles. The van der Waals surface area contributed by atoms with Gasteiger partial charge in [0.2, 0.25) is 0 Å². The molecule has 0 bridgehead atoms. The lowest BCUT2D eigenvalue weighted by Gasteiger charge is -2.11. The number of fused-ring (bicyclic) bond motifs is 2. The van der Waals surface area contributed by atoms with E-state index in [-0.39, 0.29) is 5.41 Å². The van der Waals surface area contributed by atoms with E-state index in [1.54, 1.807) is 13.2 Å². The molecule has 1 fully saturated rings. The first kappa shape index (κ1) is 8.60. The van der Waals surface area contributed by atoms with Crippen LogP contribution in [-0.2, 0) is 5.41 Å². The van der Waals surface area contributed by atoms with Gasteiger partial charge in [-0.3, -0.25) is 0 Å². The number of benzene rings is 1. The summed E-state index contributed by atoms with van der Waals surface area (Å²) in [5.41, 5.74) is 1.88. The predicted molar refractivity (Wildman–Crippen MR) is 54.1 cm³/mol. The molecule has 3 nitrogen and oxygen atoms in total. The van der Waals surface area contributed by atoms with Gasteiger partial charge in [-0.1, -0.05) is 0 Å². The fraction of sp³-hybridized carbons (Fsp3) is 0.417. The van der Waals surface area contributed by atoms with Crippen LogP contribution in [0.2, 0.25) is 0 Å². The van der Waals surface area contributed by atoms with Gasteiger partial charge in [0, 0.05) is 11.0 Å². The van der Waals surface area contributed by atoms with E-state index in [1.165, 1.54) is 0 Å². The van der Waals surface area contributed by atoms with Crippen molar-refractivity contribution < 1.29 is 9.47 Å². The number of rotatable bonds is 1. The summed E-state index contributed by atoms with van der Waals surface area (Å²) >= 11 is 0. The molecule has 0 saturated heterocycles. The largest absolute Gasteiger partial charge is 0.495 e. The molecule has 0 atom stereocenters. The second-order valence-electron chi connectivity index (χ2n) is 4.20. The van der Waals surface area contributed by atoms with Crippen molar-refractivity contribution in [3.05, 3.63) is 23.3 Å². The van der Waals surface area contributed by atoms with Gasteiger partial charge in [0.25, 0.3) is 0 Å². The Morgan fingerprint density at radius 2 is 2.27 bits per heavy atom. The molecule has 0 aromatic heterocycles. The summed E-state index contributed by atoms with van der Waals surface area (Å²) in [5, 5.41) is 9.00. The Bertz CT molecular complexity index is 469. The summed E-state index contributed by atoms with van der Waals surface area (Å²) in [6, 6.07) is 5.80. The second kappa shape index (κ2) is 2.66. The van der Waals surface area contributed by atoms with Crippen LogP contribution in [-0.4, -0.2) is 13.7 Å². The smallest absolute Gasteiger partial charge is 0.144 e. The molecule has 2 aliphatic rings. The summed E-state index contributed by atoms with van der Waals surface area (Å²) in [6.45, 7) is 0.744. The minimum Gasteiger partial charge on any atom is -0.495 e. The Morgan fingerprint density at radius 1 is 1.47 bits per heavy atom. The van der Waals surface area contributed by atoms with Gasteiger partial charge < -0.3 is 9.47 Å². The van der Waals surface area contributed by atoms with Crippen molar-refractivity contribution >= 4 is 0 Å². The number of hydrogen-bond donors (Lipinski definition) is 0. The monoisotopic (exact) mass is 201 g/mol. The van der Waals surface area contributed by atoms with Gasteiger partial charge in [0.15, 0.2) is 0 Å². The van der Waals surface area contributed by atoms with Crippen LogP contribution in [0.15, 0.2) is 12.1 Å². The van der Waals surface area contributed by atoms with Gasteiger partial charge in [-0.25, -0.2) is 0 Å². The molecular weight excluding hydrogens is 190 g/mol. The highest BCUT2D eigenvalue weighted by atomic mass is 16.5. The Balaban J connectivity index is 2.26.